The van der Waals surface area contributed by atoms with Gasteiger partial charge in [-0.2, -0.15) is 0 Å². The monoisotopic (exact) mass is 317 g/mol. The van der Waals surface area contributed by atoms with E-state index in [1.807, 2.05) is 18.2 Å². The van der Waals surface area contributed by atoms with E-state index in [-0.39, 0.29) is 11.8 Å². The van der Waals surface area contributed by atoms with Crippen molar-refractivity contribution in [3.05, 3.63) is 53.1 Å². The third kappa shape index (κ3) is 3.17. The Morgan fingerprint density at radius 2 is 2.05 bits per heavy atom. The summed E-state index contributed by atoms with van der Waals surface area (Å²) in [5.74, 6) is 1.29. The van der Waals surface area contributed by atoms with Crippen molar-refractivity contribution >= 4 is 23.2 Å². The van der Waals surface area contributed by atoms with E-state index < -0.39 is 0 Å². The molecule has 114 valence electrons. The molecule has 1 aliphatic heterocycles. The van der Waals surface area contributed by atoms with Crippen molar-refractivity contribution < 1.29 is 14.3 Å². The van der Waals surface area contributed by atoms with Gasteiger partial charge in [-0.05, 0) is 54.4 Å². The summed E-state index contributed by atoms with van der Waals surface area (Å²) in [5, 5.41) is 3.53. The van der Waals surface area contributed by atoms with E-state index in [2.05, 4.69) is 5.32 Å². The minimum absolute atomic E-state index is 0.0595. The lowest BCUT2D eigenvalue weighted by Crippen LogP contribution is -2.32. The van der Waals surface area contributed by atoms with Crippen LogP contribution < -0.4 is 14.8 Å². The zero-order valence-electron chi connectivity index (χ0n) is 12.1. The standard InChI is InChI=1S/C17H16ClNO3/c1-21-15-6-7-16-11(9-15)8-12(10-22-16)17(20)19-14-4-2-13(18)3-5-14/h2-7,9,12H,8,10H2,1H3,(H,19,20)/t12-/m0/s1. The first kappa shape index (κ1) is 14.7. The highest BCUT2D eigenvalue weighted by Crippen LogP contribution is 2.31. The number of amides is 1. The number of carbonyl (C=O) groups excluding carboxylic acids is 1. The number of anilines is 1. The second-order valence-corrected chi connectivity index (χ2v) is 5.62. The van der Waals surface area contributed by atoms with E-state index in [4.69, 9.17) is 21.1 Å². The lowest BCUT2D eigenvalue weighted by atomic mass is 9.95. The van der Waals surface area contributed by atoms with Crippen LogP contribution in [0.2, 0.25) is 5.02 Å². The maximum atomic E-state index is 12.4. The molecule has 1 atom stereocenters. The predicted molar refractivity (Wildman–Crippen MR) is 85.8 cm³/mol. The third-order valence-electron chi connectivity index (χ3n) is 3.66. The molecule has 0 saturated heterocycles. The van der Waals surface area contributed by atoms with Crippen molar-refractivity contribution in [3.63, 3.8) is 0 Å². The van der Waals surface area contributed by atoms with Crippen LogP contribution in [0.1, 0.15) is 5.56 Å². The van der Waals surface area contributed by atoms with Crippen LogP contribution in [0.15, 0.2) is 42.5 Å². The number of nitrogens with one attached hydrogen (secondary N) is 1. The number of ether oxygens (including phenoxy) is 2. The fourth-order valence-electron chi connectivity index (χ4n) is 2.44. The summed E-state index contributed by atoms with van der Waals surface area (Å²) < 4.78 is 10.9. The molecule has 0 aromatic heterocycles. The van der Waals surface area contributed by atoms with Crippen LogP contribution in [-0.4, -0.2) is 19.6 Å². The number of hydrogen-bond donors (Lipinski definition) is 1. The van der Waals surface area contributed by atoms with Crippen molar-refractivity contribution in [2.75, 3.05) is 19.0 Å². The lowest BCUT2D eigenvalue weighted by molar-refractivity contribution is -0.121. The van der Waals surface area contributed by atoms with Gasteiger partial charge in [0.1, 0.15) is 18.1 Å². The molecule has 0 saturated carbocycles. The first-order valence-corrected chi connectivity index (χ1v) is 7.39. The number of rotatable bonds is 3. The molecule has 3 rings (SSSR count). The van der Waals surface area contributed by atoms with Gasteiger partial charge < -0.3 is 14.8 Å². The predicted octanol–water partition coefficient (Wildman–Crippen LogP) is 3.54. The minimum Gasteiger partial charge on any atom is -0.497 e. The molecular formula is C17H16ClNO3. The summed E-state index contributed by atoms with van der Waals surface area (Å²) >= 11 is 5.84. The summed E-state index contributed by atoms with van der Waals surface area (Å²) in [6.45, 7) is 0.374. The average molecular weight is 318 g/mol. The molecule has 4 nitrogen and oxygen atoms in total. The summed E-state index contributed by atoms with van der Waals surface area (Å²) in [7, 11) is 1.62. The van der Waals surface area contributed by atoms with Crippen LogP contribution in [0, 0.1) is 5.92 Å². The Balaban J connectivity index is 1.70. The number of benzene rings is 2. The van der Waals surface area contributed by atoms with E-state index in [0.717, 1.165) is 22.7 Å². The quantitative estimate of drug-likeness (QED) is 0.942. The van der Waals surface area contributed by atoms with Gasteiger partial charge in [0.05, 0.1) is 13.0 Å². The molecule has 0 fully saturated rings. The Hall–Kier alpha value is -2.20. The molecule has 1 amide bonds. The van der Waals surface area contributed by atoms with Gasteiger partial charge in [0, 0.05) is 10.7 Å². The molecule has 2 aromatic carbocycles. The fourth-order valence-corrected chi connectivity index (χ4v) is 2.57. The summed E-state index contributed by atoms with van der Waals surface area (Å²) in [6, 6.07) is 12.7. The Morgan fingerprint density at radius 1 is 1.27 bits per heavy atom. The number of fused-ring (bicyclic) bond motifs is 1. The second-order valence-electron chi connectivity index (χ2n) is 5.18. The number of halogens is 1. The van der Waals surface area contributed by atoms with Gasteiger partial charge in [-0.3, -0.25) is 4.79 Å². The SMILES string of the molecule is COc1ccc2c(c1)C[C@H](C(=O)Nc1ccc(Cl)cc1)CO2. The van der Waals surface area contributed by atoms with Gasteiger partial charge >= 0.3 is 0 Å². The average Bonchev–Trinajstić information content (AvgIpc) is 2.55. The van der Waals surface area contributed by atoms with Crippen molar-refractivity contribution in [2.24, 2.45) is 5.92 Å². The smallest absolute Gasteiger partial charge is 0.231 e. The lowest BCUT2D eigenvalue weighted by Gasteiger charge is -2.25. The molecule has 5 heteroatoms. The van der Waals surface area contributed by atoms with Crippen LogP contribution in [0.3, 0.4) is 0 Å². The van der Waals surface area contributed by atoms with Crippen molar-refractivity contribution in [1.29, 1.82) is 0 Å². The van der Waals surface area contributed by atoms with Crippen LogP contribution in [-0.2, 0) is 11.2 Å². The van der Waals surface area contributed by atoms with Crippen molar-refractivity contribution in [3.8, 4) is 11.5 Å². The van der Waals surface area contributed by atoms with Gasteiger partial charge in [-0.25, -0.2) is 0 Å². The van der Waals surface area contributed by atoms with E-state index in [0.29, 0.717) is 18.1 Å². The Bertz CT molecular complexity index is 685. The highest BCUT2D eigenvalue weighted by molar-refractivity contribution is 6.30. The van der Waals surface area contributed by atoms with E-state index >= 15 is 0 Å². The number of hydrogen-bond acceptors (Lipinski definition) is 3. The topological polar surface area (TPSA) is 47.6 Å². The van der Waals surface area contributed by atoms with Gasteiger partial charge in [-0.15, -0.1) is 0 Å². The molecule has 1 heterocycles. The maximum Gasteiger partial charge on any atom is 0.231 e. The molecular weight excluding hydrogens is 302 g/mol. The molecule has 0 aliphatic carbocycles. The van der Waals surface area contributed by atoms with Crippen molar-refractivity contribution in [2.45, 2.75) is 6.42 Å². The zero-order valence-corrected chi connectivity index (χ0v) is 12.9. The highest BCUT2D eigenvalue weighted by atomic mass is 35.5. The largest absolute Gasteiger partial charge is 0.497 e. The Kier molecular flexibility index (Phi) is 4.20. The minimum atomic E-state index is -0.227. The van der Waals surface area contributed by atoms with Crippen LogP contribution in [0.4, 0.5) is 5.69 Å². The number of methoxy groups -OCH3 is 1. The summed E-state index contributed by atoms with van der Waals surface area (Å²) in [5.41, 5.74) is 1.72. The fraction of sp³-hybridized carbons (Fsp3) is 0.235. The summed E-state index contributed by atoms with van der Waals surface area (Å²) in [4.78, 5) is 12.4. The maximum absolute atomic E-state index is 12.4. The van der Waals surface area contributed by atoms with Crippen LogP contribution in [0.25, 0.3) is 0 Å². The van der Waals surface area contributed by atoms with Gasteiger partial charge in [0.15, 0.2) is 0 Å². The molecule has 0 bridgehead atoms. The van der Waals surface area contributed by atoms with Crippen LogP contribution in [0.5, 0.6) is 11.5 Å². The molecule has 0 radical (unpaired) electrons. The Labute approximate surface area is 134 Å². The number of carbonyl (C=O) groups is 1. The zero-order chi connectivity index (χ0) is 15.5. The third-order valence-corrected chi connectivity index (χ3v) is 3.91. The van der Waals surface area contributed by atoms with E-state index in [1.54, 1.807) is 31.4 Å². The van der Waals surface area contributed by atoms with Gasteiger partial charge in [0.2, 0.25) is 5.91 Å². The molecule has 0 unspecified atom stereocenters. The Morgan fingerprint density at radius 3 is 2.77 bits per heavy atom. The van der Waals surface area contributed by atoms with E-state index in [1.165, 1.54) is 0 Å². The summed E-state index contributed by atoms with van der Waals surface area (Å²) in [6.07, 6.45) is 0.631. The molecule has 0 spiro atoms. The first-order chi connectivity index (χ1) is 10.7. The highest BCUT2D eigenvalue weighted by Gasteiger charge is 2.26. The normalized spacial score (nSPS) is 16.4. The van der Waals surface area contributed by atoms with E-state index in [9.17, 15) is 4.79 Å². The van der Waals surface area contributed by atoms with Gasteiger partial charge in [-0.1, -0.05) is 11.6 Å². The first-order valence-electron chi connectivity index (χ1n) is 7.02. The molecule has 1 N–H and O–H groups in total. The van der Waals surface area contributed by atoms with Gasteiger partial charge in [0.25, 0.3) is 0 Å². The molecule has 22 heavy (non-hydrogen) atoms. The molecule has 1 aliphatic rings. The van der Waals surface area contributed by atoms with Crippen molar-refractivity contribution in [1.82, 2.24) is 0 Å². The second kappa shape index (κ2) is 6.28. The van der Waals surface area contributed by atoms with Crippen LogP contribution >= 0.6 is 11.6 Å². The molecule has 2 aromatic rings.